The molecule has 1 aromatic heterocycles. The van der Waals surface area contributed by atoms with E-state index >= 15 is 0 Å². The van der Waals surface area contributed by atoms with Crippen LogP contribution >= 0.6 is 11.8 Å². The Morgan fingerprint density at radius 3 is 2.87 bits per heavy atom. The van der Waals surface area contributed by atoms with Gasteiger partial charge < -0.3 is 10.3 Å². The van der Waals surface area contributed by atoms with E-state index in [0.717, 1.165) is 22.2 Å². The fraction of sp³-hybridized carbons (Fsp3) is 0.182. The molecule has 0 radical (unpaired) electrons. The number of rotatable bonds is 3. The van der Waals surface area contributed by atoms with Crippen molar-refractivity contribution in [1.29, 1.82) is 0 Å². The van der Waals surface area contributed by atoms with Crippen molar-refractivity contribution < 1.29 is 0 Å². The van der Waals surface area contributed by atoms with Gasteiger partial charge in [-0.3, -0.25) is 0 Å². The molecule has 78 valence electrons. The first-order valence-electron chi connectivity index (χ1n) is 4.71. The van der Waals surface area contributed by atoms with Crippen molar-refractivity contribution in [2.24, 2.45) is 7.05 Å². The summed E-state index contributed by atoms with van der Waals surface area (Å²) in [7, 11) is 2.00. The molecule has 0 saturated carbocycles. The highest BCUT2D eigenvalue weighted by molar-refractivity contribution is 7.98. The van der Waals surface area contributed by atoms with Gasteiger partial charge in [0.2, 0.25) is 0 Å². The van der Waals surface area contributed by atoms with Crippen LogP contribution in [0.4, 0.5) is 5.69 Å². The molecule has 3 nitrogen and oxygen atoms in total. The zero-order valence-corrected chi connectivity index (χ0v) is 9.37. The van der Waals surface area contributed by atoms with Crippen LogP contribution in [0, 0.1) is 0 Å². The summed E-state index contributed by atoms with van der Waals surface area (Å²) in [5.41, 5.74) is 6.68. The van der Waals surface area contributed by atoms with Crippen molar-refractivity contribution in [1.82, 2.24) is 9.55 Å². The van der Waals surface area contributed by atoms with E-state index < -0.39 is 0 Å². The first-order chi connectivity index (χ1) is 7.27. The molecule has 0 unspecified atom stereocenters. The largest absolute Gasteiger partial charge is 0.398 e. The van der Waals surface area contributed by atoms with Crippen LogP contribution in [0.15, 0.2) is 41.6 Å². The van der Waals surface area contributed by atoms with Crippen LogP contribution in [0.5, 0.6) is 0 Å². The lowest BCUT2D eigenvalue weighted by Gasteiger charge is -2.04. The van der Waals surface area contributed by atoms with Gasteiger partial charge in [-0.25, -0.2) is 4.98 Å². The van der Waals surface area contributed by atoms with Gasteiger partial charge in [0.25, 0.3) is 0 Å². The number of aromatic nitrogens is 2. The van der Waals surface area contributed by atoms with Crippen molar-refractivity contribution in [3.05, 3.63) is 42.5 Å². The summed E-state index contributed by atoms with van der Waals surface area (Å²) in [4.78, 5) is 5.37. The third kappa shape index (κ3) is 2.33. The molecule has 4 heteroatoms. The highest BCUT2D eigenvalue weighted by Gasteiger charge is 2.02. The first-order valence-corrected chi connectivity index (χ1v) is 5.69. The van der Waals surface area contributed by atoms with Gasteiger partial charge in [-0.1, -0.05) is 12.1 Å². The summed E-state index contributed by atoms with van der Waals surface area (Å²) < 4.78 is 2.02. The summed E-state index contributed by atoms with van der Waals surface area (Å²) in [6, 6.07) is 7.89. The average molecular weight is 219 g/mol. The number of benzene rings is 1. The van der Waals surface area contributed by atoms with E-state index in [9.17, 15) is 0 Å². The highest BCUT2D eigenvalue weighted by atomic mass is 32.2. The molecular weight excluding hydrogens is 206 g/mol. The molecule has 2 aromatic rings. The SMILES string of the molecule is Cn1ccnc1CSc1ccccc1N. The molecule has 0 saturated heterocycles. The minimum atomic E-state index is 0.830. The van der Waals surface area contributed by atoms with E-state index in [2.05, 4.69) is 4.98 Å². The number of nitrogens with zero attached hydrogens (tertiary/aromatic N) is 2. The molecule has 0 bridgehead atoms. The Kier molecular flexibility index (Phi) is 2.97. The Bertz CT molecular complexity index is 451. The Balaban J connectivity index is 2.06. The molecule has 0 amide bonds. The smallest absolute Gasteiger partial charge is 0.118 e. The molecule has 15 heavy (non-hydrogen) atoms. The molecule has 2 N–H and O–H groups in total. The number of hydrogen-bond donors (Lipinski definition) is 1. The predicted octanol–water partition coefficient (Wildman–Crippen LogP) is 2.29. The number of nitrogens with two attached hydrogens (primary N) is 1. The van der Waals surface area contributed by atoms with Crippen LogP contribution < -0.4 is 5.73 Å². The van der Waals surface area contributed by atoms with Crippen LogP contribution in [-0.4, -0.2) is 9.55 Å². The molecule has 0 aliphatic carbocycles. The normalized spacial score (nSPS) is 10.5. The highest BCUT2D eigenvalue weighted by Crippen LogP contribution is 2.26. The number of nitrogen functional groups attached to an aromatic ring is 1. The van der Waals surface area contributed by atoms with Gasteiger partial charge in [0, 0.05) is 30.0 Å². The summed E-state index contributed by atoms with van der Waals surface area (Å²) in [5.74, 6) is 1.90. The van der Waals surface area contributed by atoms with E-state index in [1.165, 1.54) is 0 Å². The molecule has 2 rings (SSSR count). The van der Waals surface area contributed by atoms with Crippen LogP contribution in [0.3, 0.4) is 0 Å². The van der Waals surface area contributed by atoms with E-state index in [1.54, 1.807) is 11.8 Å². The zero-order valence-electron chi connectivity index (χ0n) is 8.55. The van der Waals surface area contributed by atoms with Crippen LogP contribution in [-0.2, 0) is 12.8 Å². The predicted molar refractivity (Wildman–Crippen MR) is 63.6 cm³/mol. The van der Waals surface area contributed by atoms with Crippen LogP contribution in [0.1, 0.15) is 5.82 Å². The van der Waals surface area contributed by atoms with Crippen LogP contribution in [0.25, 0.3) is 0 Å². The van der Waals surface area contributed by atoms with Gasteiger partial charge >= 0.3 is 0 Å². The quantitative estimate of drug-likeness (QED) is 0.636. The second-order valence-electron chi connectivity index (χ2n) is 3.28. The number of imidazole rings is 1. The van der Waals surface area contributed by atoms with Crippen molar-refractivity contribution in [3.8, 4) is 0 Å². The summed E-state index contributed by atoms with van der Waals surface area (Å²) in [6.07, 6.45) is 3.76. The van der Waals surface area contributed by atoms with Crippen molar-refractivity contribution in [3.63, 3.8) is 0 Å². The topological polar surface area (TPSA) is 43.8 Å². The number of anilines is 1. The molecule has 0 aliphatic heterocycles. The van der Waals surface area contributed by atoms with Gasteiger partial charge in [0.1, 0.15) is 5.82 Å². The summed E-state index contributed by atoms with van der Waals surface area (Å²) in [5, 5.41) is 0. The third-order valence-electron chi connectivity index (χ3n) is 2.20. The standard InChI is InChI=1S/C11H13N3S/c1-14-7-6-13-11(14)8-15-10-5-3-2-4-9(10)12/h2-7H,8,12H2,1H3. The maximum atomic E-state index is 5.85. The minimum absolute atomic E-state index is 0.830. The molecule has 1 aromatic carbocycles. The van der Waals surface area contributed by atoms with Crippen molar-refractivity contribution >= 4 is 17.4 Å². The number of para-hydroxylation sites is 1. The Labute approximate surface area is 93.3 Å². The lowest BCUT2D eigenvalue weighted by molar-refractivity contribution is 0.849. The molecule has 0 spiro atoms. The Morgan fingerprint density at radius 1 is 1.40 bits per heavy atom. The number of aryl methyl sites for hydroxylation is 1. The fourth-order valence-electron chi connectivity index (χ4n) is 1.29. The molecule has 0 atom stereocenters. The monoisotopic (exact) mass is 219 g/mol. The molecule has 0 fully saturated rings. The number of hydrogen-bond acceptors (Lipinski definition) is 3. The number of thioether (sulfide) groups is 1. The van der Waals surface area contributed by atoms with E-state index in [0.29, 0.717) is 0 Å². The minimum Gasteiger partial charge on any atom is -0.398 e. The molecule has 1 heterocycles. The average Bonchev–Trinajstić information content (AvgIpc) is 2.63. The lowest BCUT2D eigenvalue weighted by atomic mass is 10.3. The third-order valence-corrected chi connectivity index (χ3v) is 3.28. The second kappa shape index (κ2) is 4.40. The summed E-state index contributed by atoms with van der Waals surface area (Å²) >= 11 is 1.71. The summed E-state index contributed by atoms with van der Waals surface area (Å²) in [6.45, 7) is 0. The van der Waals surface area contributed by atoms with Crippen LogP contribution in [0.2, 0.25) is 0 Å². The Hall–Kier alpha value is -1.42. The maximum Gasteiger partial charge on any atom is 0.118 e. The second-order valence-corrected chi connectivity index (χ2v) is 4.30. The Morgan fingerprint density at radius 2 is 2.20 bits per heavy atom. The van der Waals surface area contributed by atoms with E-state index in [-0.39, 0.29) is 0 Å². The zero-order chi connectivity index (χ0) is 10.7. The maximum absolute atomic E-state index is 5.85. The van der Waals surface area contributed by atoms with Gasteiger partial charge in [-0.05, 0) is 12.1 Å². The fourth-order valence-corrected chi connectivity index (χ4v) is 2.26. The van der Waals surface area contributed by atoms with E-state index in [4.69, 9.17) is 5.73 Å². The van der Waals surface area contributed by atoms with Crippen molar-refractivity contribution in [2.75, 3.05) is 5.73 Å². The van der Waals surface area contributed by atoms with E-state index in [1.807, 2.05) is 48.3 Å². The lowest BCUT2D eigenvalue weighted by Crippen LogP contribution is -1.95. The molecular formula is C11H13N3S. The molecule has 0 aliphatic rings. The van der Waals surface area contributed by atoms with Gasteiger partial charge in [0.05, 0.1) is 5.75 Å². The van der Waals surface area contributed by atoms with Gasteiger partial charge in [0.15, 0.2) is 0 Å². The van der Waals surface area contributed by atoms with Gasteiger partial charge in [-0.15, -0.1) is 11.8 Å². The first kappa shape index (κ1) is 10.1. The van der Waals surface area contributed by atoms with Gasteiger partial charge in [-0.2, -0.15) is 0 Å². The van der Waals surface area contributed by atoms with Crippen molar-refractivity contribution in [2.45, 2.75) is 10.6 Å².